The molecule has 0 aliphatic heterocycles. The van der Waals surface area contributed by atoms with Crippen molar-refractivity contribution in [1.82, 2.24) is 14.9 Å². The molecule has 0 radical (unpaired) electrons. The molecule has 0 spiro atoms. The van der Waals surface area contributed by atoms with Crippen LogP contribution in [0.25, 0.3) is 11.0 Å². The fraction of sp³-hybridized carbons (Fsp3) is 0.310. The third-order valence-corrected chi connectivity index (χ3v) is 6.25. The number of carbonyl (C=O) groups is 1. The number of nitrogens with one attached hydrogen (secondary N) is 1. The quantitative estimate of drug-likeness (QED) is 0.294. The van der Waals surface area contributed by atoms with Gasteiger partial charge in [-0.3, -0.25) is 4.79 Å². The van der Waals surface area contributed by atoms with Crippen LogP contribution in [0, 0.1) is 0 Å². The van der Waals surface area contributed by atoms with Gasteiger partial charge in [0.15, 0.2) is 6.61 Å². The first-order chi connectivity index (χ1) is 16.6. The van der Waals surface area contributed by atoms with E-state index >= 15 is 0 Å². The molecule has 0 fully saturated rings. The minimum Gasteiger partial charge on any atom is -0.484 e. The Labute approximate surface area is 201 Å². The molecule has 1 N–H and O–H groups in total. The van der Waals surface area contributed by atoms with E-state index in [-0.39, 0.29) is 12.5 Å². The van der Waals surface area contributed by atoms with Gasteiger partial charge in [-0.05, 0) is 54.2 Å². The number of imidazole rings is 1. The molecule has 1 heterocycles. The van der Waals surface area contributed by atoms with Gasteiger partial charge in [-0.1, -0.05) is 68.4 Å². The van der Waals surface area contributed by atoms with E-state index in [1.54, 1.807) is 0 Å². The Hall–Kier alpha value is -3.60. The van der Waals surface area contributed by atoms with E-state index in [0.717, 1.165) is 42.7 Å². The normalized spacial score (nSPS) is 11.9. The number of aryl methyl sites for hydroxylation is 1. The molecule has 0 aliphatic rings. The molecule has 1 atom stereocenters. The van der Waals surface area contributed by atoms with Crippen molar-refractivity contribution in [1.29, 1.82) is 0 Å². The standard InChI is InChI=1S/C29H33N3O2/c1-3-22(2)24-17-15-23(16-18-24)20-32-27-13-8-7-12-26(27)31-28(32)14-9-19-30-29(33)21-34-25-10-5-4-6-11-25/h4-8,10-13,15-18,22H,3,9,14,19-21H2,1-2H3,(H,30,33). The monoisotopic (exact) mass is 455 g/mol. The zero-order chi connectivity index (χ0) is 23.8. The molecule has 1 unspecified atom stereocenters. The number of aromatic nitrogens is 2. The molecule has 0 bridgehead atoms. The van der Waals surface area contributed by atoms with Crippen LogP contribution < -0.4 is 10.1 Å². The van der Waals surface area contributed by atoms with Crippen molar-refractivity contribution in [3.8, 4) is 5.75 Å². The summed E-state index contributed by atoms with van der Waals surface area (Å²) in [4.78, 5) is 17.0. The van der Waals surface area contributed by atoms with Gasteiger partial charge in [0.25, 0.3) is 5.91 Å². The topological polar surface area (TPSA) is 56.2 Å². The summed E-state index contributed by atoms with van der Waals surface area (Å²) < 4.78 is 7.81. The Bertz CT molecular complexity index is 1200. The third kappa shape index (κ3) is 6.04. The molecule has 176 valence electrons. The van der Waals surface area contributed by atoms with E-state index in [1.807, 2.05) is 36.4 Å². The Balaban J connectivity index is 1.36. The lowest BCUT2D eigenvalue weighted by Crippen LogP contribution is -2.30. The number of para-hydroxylation sites is 3. The van der Waals surface area contributed by atoms with Crippen LogP contribution in [0.2, 0.25) is 0 Å². The highest BCUT2D eigenvalue weighted by atomic mass is 16.5. The van der Waals surface area contributed by atoms with Gasteiger partial charge in [-0.2, -0.15) is 0 Å². The lowest BCUT2D eigenvalue weighted by molar-refractivity contribution is -0.123. The summed E-state index contributed by atoms with van der Waals surface area (Å²) in [6.07, 6.45) is 2.75. The van der Waals surface area contributed by atoms with Crippen molar-refractivity contribution in [2.24, 2.45) is 0 Å². The average molecular weight is 456 g/mol. The lowest BCUT2D eigenvalue weighted by atomic mass is 9.97. The van der Waals surface area contributed by atoms with Gasteiger partial charge in [0.1, 0.15) is 11.6 Å². The molecule has 1 aromatic heterocycles. The van der Waals surface area contributed by atoms with Gasteiger partial charge >= 0.3 is 0 Å². The van der Waals surface area contributed by atoms with E-state index in [2.05, 4.69) is 66.2 Å². The van der Waals surface area contributed by atoms with Crippen LogP contribution in [0.3, 0.4) is 0 Å². The maximum Gasteiger partial charge on any atom is 0.257 e. The highest BCUT2D eigenvalue weighted by molar-refractivity contribution is 5.77. The van der Waals surface area contributed by atoms with Gasteiger partial charge in [0, 0.05) is 19.5 Å². The minimum absolute atomic E-state index is 0.0230. The molecule has 0 saturated carbocycles. The number of carbonyl (C=O) groups excluding carboxylic acids is 1. The first-order valence-corrected chi connectivity index (χ1v) is 12.1. The highest BCUT2D eigenvalue weighted by Crippen LogP contribution is 2.22. The smallest absolute Gasteiger partial charge is 0.257 e. The van der Waals surface area contributed by atoms with E-state index in [4.69, 9.17) is 9.72 Å². The fourth-order valence-electron chi connectivity index (χ4n) is 4.05. The fourth-order valence-corrected chi connectivity index (χ4v) is 4.05. The second-order valence-electron chi connectivity index (χ2n) is 8.71. The molecule has 5 nitrogen and oxygen atoms in total. The summed E-state index contributed by atoms with van der Waals surface area (Å²) in [7, 11) is 0. The van der Waals surface area contributed by atoms with Gasteiger partial charge in [0.05, 0.1) is 11.0 Å². The maximum absolute atomic E-state index is 12.1. The molecule has 5 heteroatoms. The van der Waals surface area contributed by atoms with E-state index in [1.165, 1.54) is 11.1 Å². The minimum atomic E-state index is -0.112. The van der Waals surface area contributed by atoms with Gasteiger partial charge in [0.2, 0.25) is 0 Å². The molecule has 34 heavy (non-hydrogen) atoms. The third-order valence-electron chi connectivity index (χ3n) is 6.25. The van der Waals surface area contributed by atoms with Crippen LogP contribution >= 0.6 is 0 Å². The van der Waals surface area contributed by atoms with Crippen LogP contribution in [0.5, 0.6) is 5.75 Å². The number of ether oxygens (including phenoxy) is 1. The number of hydrogen-bond acceptors (Lipinski definition) is 3. The summed E-state index contributed by atoms with van der Waals surface area (Å²) in [5.41, 5.74) is 4.80. The molecule has 4 aromatic rings. The van der Waals surface area contributed by atoms with Gasteiger partial charge in [-0.15, -0.1) is 0 Å². The molecule has 0 aliphatic carbocycles. The first-order valence-electron chi connectivity index (χ1n) is 12.1. The van der Waals surface area contributed by atoms with E-state index in [9.17, 15) is 4.79 Å². The number of rotatable bonds is 11. The Morgan fingerprint density at radius 2 is 1.74 bits per heavy atom. The summed E-state index contributed by atoms with van der Waals surface area (Å²) in [6.45, 7) is 5.89. The second kappa shape index (κ2) is 11.5. The van der Waals surface area contributed by atoms with Gasteiger partial charge < -0.3 is 14.6 Å². The molecular formula is C29H33N3O2. The second-order valence-corrected chi connectivity index (χ2v) is 8.71. The van der Waals surface area contributed by atoms with Crippen molar-refractivity contribution in [2.75, 3.05) is 13.2 Å². The van der Waals surface area contributed by atoms with Crippen LogP contribution in [-0.4, -0.2) is 28.6 Å². The predicted molar refractivity (Wildman–Crippen MR) is 137 cm³/mol. The average Bonchev–Trinajstić information content (AvgIpc) is 3.23. The summed E-state index contributed by atoms with van der Waals surface area (Å²) in [5, 5.41) is 2.95. The zero-order valence-corrected chi connectivity index (χ0v) is 20.0. The number of nitrogens with zero attached hydrogens (tertiary/aromatic N) is 2. The van der Waals surface area contributed by atoms with Crippen molar-refractivity contribution in [2.45, 2.75) is 45.6 Å². The van der Waals surface area contributed by atoms with Crippen molar-refractivity contribution < 1.29 is 9.53 Å². The largest absolute Gasteiger partial charge is 0.484 e. The molecule has 3 aromatic carbocycles. The Kier molecular flexibility index (Phi) is 7.97. The SMILES string of the molecule is CCC(C)c1ccc(Cn2c(CCCNC(=O)COc3ccccc3)nc3ccccc32)cc1. The number of benzene rings is 3. The lowest BCUT2D eigenvalue weighted by Gasteiger charge is -2.12. The maximum atomic E-state index is 12.1. The van der Waals surface area contributed by atoms with Crippen LogP contribution in [0.1, 0.15) is 49.6 Å². The van der Waals surface area contributed by atoms with Crippen LogP contribution in [-0.2, 0) is 17.8 Å². The Morgan fingerprint density at radius 1 is 1.00 bits per heavy atom. The number of fused-ring (bicyclic) bond motifs is 1. The zero-order valence-electron chi connectivity index (χ0n) is 20.0. The molecule has 0 saturated heterocycles. The first kappa shape index (κ1) is 23.6. The molecule has 4 rings (SSSR count). The summed E-state index contributed by atoms with van der Waals surface area (Å²) >= 11 is 0. The van der Waals surface area contributed by atoms with Crippen molar-refractivity contribution in [3.05, 3.63) is 95.8 Å². The molecular weight excluding hydrogens is 422 g/mol. The predicted octanol–water partition coefficient (Wildman–Crippen LogP) is 5.73. The van der Waals surface area contributed by atoms with E-state index < -0.39 is 0 Å². The van der Waals surface area contributed by atoms with Crippen LogP contribution in [0.4, 0.5) is 0 Å². The summed E-state index contributed by atoms with van der Waals surface area (Å²) in [5.74, 6) is 2.20. The van der Waals surface area contributed by atoms with E-state index in [0.29, 0.717) is 18.2 Å². The molecule has 1 amide bonds. The highest BCUT2D eigenvalue weighted by Gasteiger charge is 2.12. The number of hydrogen-bond donors (Lipinski definition) is 1. The van der Waals surface area contributed by atoms with Gasteiger partial charge in [-0.25, -0.2) is 4.98 Å². The summed E-state index contributed by atoms with van der Waals surface area (Å²) in [6, 6.07) is 26.6. The van der Waals surface area contributed by atoms with Crippen LogP contribution in [0.15, 0.2) is 78.9 Å². The number of amides is 1. The Morgan fingerprint density at radius 3 is 2.50 bits per heavy atom. The van der Waals surface area contributed by atoms with Crippen molar-refractivity contribution in [3.63, 3.8) is 0 Å². The van der Waals surface area contributed by atoms with Crippen molar-refractivity contribution >= 4 is 16.9 Å².